The smallest absolute Gasteiger partial charge is 0.269 e. The monoisotopic (exact) mass is 318 g/mol. The third-order valence-corrected chi connectivity index (χ3v) is 3.83. The lowest BCUT2D eigenvalue weighted by Crippen LogP contribution is -2.21. The van der Waals surface area contributed by atoms with Gasteiger partial charge in [-0.1, -0.05) is 24.3 Å². The fourth-order valence-electron chi connectivity index (χ4n) is 2.67. The maximum atomic E-state index is 12.3. The standard InChI is InChI=1S/C19H18N4O/c1-3-15(10-20-2)16-6-4-5-14(9-16)13-23-18-7-8-21-11-17(18)22-12-19(23)24/h3-12H,13H2,1-2H3. The van der Waals surface area contributed by atoms with Crippen molar-refractivity contribution in [3.8, 4) is 0 Å². The van der Waals surface area contributed by atoms with Crippen molar-refractivity contribution in [3.63, 3.8) is 0 Å². The summed E-state index contributed by atoms with van der Waals surface area (Å²) in [7, 11) is 1.75. The van der Waals surface area contributed by atoms with Gasteiger partial charge in [-0.25, -0.2) is 4.98 Å². The van der Waals surface area contributed by atoms with E-state index in [9.17, 15) is 4.79 Å². The molecule has 0 aliphatic heterocycles. The first kappa shape index (κ1) is 15.8. The summed E-state index contributed by atoms with van der Waals surface area (Å²) in [5, 5.41) is 0. The summed E-state index contributed by atoms with van der Waals surface area (Å²) < 4.78 is 1.71. The van der Waals surface area contributed by atoms with Crippen LogP contribution in [0.4, 0.5) is 0 Å². The second-order valence-corrected chi connectivity index (χ2v) is 5.38. The highest BCUT2D eigenvalue weighted by Crippen LogP contribution is 2.16. The van der Waals surface area contributed by atoms with Gasteiger partial charge < -0.3 is 4.57 Å². The van der Waals surface area contributed by atoms with Gasteiger partial charge in [0.1, 0.15) is 5.52 Å². The minimum Gasteiger partial charge on any atom is -0.301 e. The van der Waals surface area contributed by atoms with Gasteiger partial charge in [0.2, 0.25) is 0 Å². The molecule has 120 valence electrons. The van der Waals surface area contributed by atoms with E-state index < -0.39 is 0 Å². The normalized spacial score (nSPS) is 12.2. The first-order valence-electron chi connectivity index (χ1n) is 7.70. The van der Waals surface area contributed by atoms with Crippen molar-refractivity contribution in [1.82, 2.24) is 14.5 Å². The Bertz CT molecular complexity index is 986. The van der Waals surface area contributed by atoms with E-state index in [4.69, 9.17) is 0 Å². The Labute approximate surface area is 140 Å². The summed E-state index contributed by atoms with van der Waals surface area (Å²) in [4.78, 5) is 24.6. The quantitative estimate of drug-likeness (QED) is 0.695. The SMILES string of the molecule is CC=C(C=NC)c1cccc(Cn2c(=O)cnc3cnccc32)c1. The molecule has 0 radical (unpaired) electrons. The molecule has 0 aliphatic carbocycles. The fraction of sp³-hybridized carbons (Fsp3) is 0.158. The zero-order valence-corrected chi connectivity index (χ0v) is 13.7. The minimum atomic E-state index is -0.125. The maximum Gasteiger partial charge on any atom is 0.269 e. The summed E-state index contributed by atoms with van der Waals surface area (Å²) in [6.45, 7) is 2.47. The van der Waals surface area contributed by atoms with Crippen LogP contribution in [0.15, 0.2) is 64.8 Å². The predicted molar refractivity (Wildman–Crippen MR) is 97.4 cm³/mol. The number of pyridine rings is 1. The molecule has 0 N–H and O–H groups in total. The Hall–Kier alpha value is -3.08. The largest absolute Gasteiger partial charge is 0.301 e. The van der Waals surface area contributed by atoms with Crippen molar-refractivity contribution in [3.05, 3.63) is 76.5 Å². The topological polar surface area (TPSA) is 60.1 Å². The molecule has 5 heteroatoms. The molecule has 0 amide bonds. The third-order valence-electron chi connectivity index (χ3n) is 3.83. The van der Waals surface area contributed by atoms with Crippen LogP contribution in [-0.2, 0) is 6.54 Å². The van der Waals surface area contributed by atoms with Gasteiger partial charge in [-0.05, 0) is 35.8 Å². The number of hydrogen-bond donors (Lipinski definition) is 0. The number of rotatable bonds is 4. The Kier molecular flexibility index (Phi) is 4.61. The highest BCUT2D eigenvalue weighted by molar-refractivity contribution is 6.09. The molecule has 0 aliphatic rings. The Morgan fingerprint density at radius 3 is 2.96 bits per heavy atom. The molecule has 0 bridgehead atoms. The number of benzene rings is 1. The van der Waals surface area contributed by atoms with Crippen molar-refractivity contribution in [2.24, 2.45) is 4.99 Å². The van der Waals surface area contributed by atoms with Crippen molar-refractivity contribution >= 4 is 22.8 Å². The van der Waals surface area contributed by atoms with E-state index in [2.05, 4.69) is 21.0 Å². The summed E-state index contributed by atoms with van der Waals surface area (Å²) in [6, 6.07) is 9.94. The number of aliphatic imine (C=N–C) groups is 1. The zero-order chi connectivity index (χ0) is 16.9. The van der Waals surface area contributed by atoms with Gasteiger partial charge in [-0.2, -0.15) is 0 Å². The molecule has 3 aromatic rings. The van der Waals surface area contributed by atoms with Crippen LogP contribution < -0.4 is 5.56 Å². The lowest BCUT2D eigenvalue weighted by molar-refractivity contribution is 0.786. The van der Waals surface area contributed by atoms with E-state index in [0.717, 1.165) is 22.2 Å². The molecule has 0 atom stereocenters. The maximum absolute atomic E-state index is 12.3. The molecule has 0 unspecified atom stereocenters. The van der Waals surface area contributed by atoms with Gasteiger partial charge in [0.25, 0.3) is 5.56 Å². The second kappa shape index (κ2) is 7.00. The molecule has 24 heavy (non-hydrogen) atoms. The van der Waals surface area contributed by atoms with Gasteiger partial charge >= 0.3 is 0 Å². The van der Waals surface area contributed by atoms with Crippen molar-refractivity contribution < 1.29 is 0 Å². The molecule has 0 fully saturated rings. The van der Waals surface area contributed by atoms with Crippen LogP contribution in [0.25, 0.3) is 16.6 Å². The van der Waals surface area contributed by atoms with E-state index in [1.165, 1.54) is 6.20 Å². The first-order valence-corrected chi connectivity index (χ1v) is 7.70. The Balaban J connectivity index is 2.04. The number of nitrogens with zero attached hydrogens (tertiary/aromatic N) is 4. The number of hydrogen-bond acceptors (Lipinski definition) is 4. The van der Waals surface area contributed by atoms with E-state index >= 15 is 0 Å². The van der Waals surface area contributed by atoms with Gasteiger partial charge in [0.15, 0.2) is 0 Å². The summed E-state index contributed by atoms with van der Waals surface area (Å²) >= 11 is 0. The highest BCUT2D eigenvalue weighted by Gasteiger charge is 2.06. The van der Waals surface area contributed by atoms with Crippen molar-refractivity contribution in [2.75, 3.05) is 7.05 Å². The number of allylic oxidation sites excluding steroid dienone is 2. The molecule has 5 nitrogen and oxygen atoms in total. The van der Waals surface area contributed by atoms with Crippen LogP contribution in [0, 0.1) is 0 Å². The number of fused-ring (bicyclic) bond motifs is 1. The van der Waals surface area contributed by atoms with Crippen LogP contribution >= 0.6 is 0 Å². The predicted octanol–water partition coefficient (Wildman–Crippen LogP) is 2.94. The van der Waals surface area contributed by atoms with Gasteiger partial charge in [0.05, 0.1) is 24.5 Å². The first-order chi connectivity index (χ1) is 11.7. The average molecular weight is 318 g/mol. The van der Waals surface area contributed by atoms with E-state index in [1.807, 2.05) is 43.5 Å². The minimum absolute atomic E-state index is 0.125. The van der Waals surface area contributed by atoms with Crippen molar-refractivity contribution in [1.29, 1.82) is 0 Å². The highest BCUT2D eigenvalue weighted by atomic mass is 16.1. The van der Waals surface area contributed by atoms with Gasteiger partial charge in [-0.15, -0.1) is 0 Å². The van der Waals surface area contributed by atoms with Crippen molar-refractivity contribution in [2.45, 2.75) is 13.5 Å². The average Bonchev–Trinajstić information content (AvgIpc) is 2.62. The molecule has 2 heterocycles. The van der Waals surface area contributed by atoms with E-state index in [1.54, 1.807) is 24.0 Å². The van der Waals surface area contributed by atoms with E-state index in [0.29, 0.717) is 12.1 Å². The molecule has 3 rings (SSSR count). The molecule has 0 saturated heterocycles. The lowest BCUT2D eigenvalue weighted by atomic mass is 10.0. The van der Waals surface area contributed by atoms with Gasteiger partial charge in [0, 0.05) is 19.5 Å². The van der Waals surface area contributed by atoms with Gasteiger partial charge in [-0.3, -0.25) is 14.8 Å². The lowest BCUT2D eigenvalue weighted by Gasteiger charge is -2.10. The molecular weight excluding hydrogens is 300 g/mol. The fourth-order valence-corrected chi connectivity index (χ4v) is 2.67. The summed E-state index contributed by atoms with van der Waals surface area (Å²) in [6.07, 6.45) is 8.53. The van der Waals surface area contributed by atoms with Crippen LogP contribution in [0.2, 0.25) is 0 Å². The van der Waals surface area contributed by atoms with E-state index in [-0.39, 0.29) is 5.56 Å². The molecule has 0 saturated carbocycles. The van der Waals surface area contributed by atoms with Crippen LogP contribution in [-0.4, -0.2) is 27.8 Å². The molecule has 2 aromatic heterocycles. The molecule has 0 spiro atoms. The summed E-state index contributed by atoms with van der Waals surface area (Å²) in [5.74, 6) is 0. The molecule has 1 aromatic carbocycles. The second-order valence-electron chi connectivity index (χ2n) is 5.38. The van der Waals surface area contributed by atoms with Crippen LogP contribution in [0.1, 0.15) is 18.1 Å². The molecular formula is C19H18N4O. The number of aromatic nitrogens is 3. The summed E-state index contributed by atoms with van der Waals surface area (Å²) in [5.41, 5.74) is 4.54. The zero-order valence-electron chi connectivity index (χ0n) is 13.7. The Morgan fingerprint density at radius 1 is 1.29 bits per heavy atom. The Morgan fingerprint density at radius 2 is 2.17 bits per heavy atom. The third kappa shape index (κ3) is 3.15. The van der Waals surface area contributed by atoms with Crippen LogP contribution in [0.5, 0.6) is 0 Å². The van der Waals surface area contributed by atoms with Crippen LogP contribution in [0.3, 0.4) is 0 Å².